The van der Waals surface area contributed by atoms with Gasteiger partial charge in [-0.25, -0.2) is 4.39 Å². The van der Waals surface area contributed by atoms with Gasteiger partial charge in [0.2, 0.25) is 0 Å². The molecule has 0 aliphatic heterocycles. The lowest BCUT2D eigenvalue weighted by molar-refractivity contribution is 0.332. The van der Waals surface area contributed by atoms with Crippen molar-refractivity contribution in [3.05, 3.63) is 40.7 Å². The molecule has 2 N–H and O–H groups in total. The first kappa shape index (κ1) is 13.0. The third-order valence-corrected chi connectivity index (χ3v) is 2.50. The molecule has 0 aromatic heterocycles. The Bertz CT molecular complexity index is 391. The lowest BCUT2D eigenvalue weighted by Crippen LogP contribution is -2.06. The highest BCUT2D eigenvalue weighted by Gasteiger charge is 2.07. The van der Waals surface area contributed by atoms with Gasteiger partial charge in [-0.3, -0.25) is 0 Å². The van der Waals surface area contributed by atoms with Crippen molar-refractivity contribution < 1.29 is 9.13 Å². The van der Waals surface area contributed by atoms with Crippen LogP contribution >= 0.6 is 11.6 Å². The third kappa shape index (κ3) is 3.51. The van der Waals surface area contributed by atoms with E-state index in [1.807, 2.05) is 0 Å². The average molecular weight is 244 g/mol. The zero-order valence-electron chi connectivity index (χ0n) is 9.34. The molecule has 0 saturated carbocycles. The molecule has 0 saturated heterocycles. The van der Waals surface area contributed by atoms with Crippen molar-refractivity contribution in [1.82, 2.24) is 0 Å². The van der Waals surface area contributed by atoms with Crippen LogP contribution in [0.3, 0.4) is 0 Å². The van der Waals surface area contributed by atoms with Gasteiger partial charge in [0.15, 0.2) is 11.6 Å². The fraction of sp³-hybridized carbons (Fsp3) is 0.333. The average Bonchev–Trinajstić information content (AvgIpc) is 2.26. The first-order valence-electron chi connectivity index (χ1n) is 4.98. The van der Waals surface area contributed by atoms with E-state index in [0.717, 1.165) is 11.1 Å². The fourth-order valence-electron chi connectivity index (χ4n) is 1.14. The summed E-state index contributed by atoms with van der Waals surface area (Å²) in [5, 5.41) is 0. The van der Waals surface area contributed by atoms with Gasteiger partial charge < -0.3 is 10.5 Å². The quantitative estimate of drug-likeness (QED) is 0.880. The summed E-state index contributed by atoms with van der Waals surface area (Å²) in [4.78, 5) is 0. The second kappa shape index (κ2) is 5.87. The molecule has 0 aliphatic carbocycles. The van der Waals surface area contributed by atoms with Gasteiger partial charge in [-0.1, -0.05) is 17.7 Å². The molecule has 0 unspecified atom stereocenters. The number of hydrogen-bond acceptors (Lipinski definition) is 2. The maximum atomic E-state index is 13.5. The molecular weight excluding hydrogens is 229 g/mol. The Morgan fingerprint density at radius 2 is 2.31 bits per heavy atom. The summed E-state index contributed by atoms with van der Waals surface area (Å²) < 4.78 is 18.8. The van der Waals surface area contributed by atoms with Crippen LogP contribution in [0, 0.1) is 5.82 Å². The second-order valence-corrected chi connectivity index (χ2v) is 3.94. The lowest BCUT2D eigenvalue weighted by Gasteiger charge is -2.10. The Morgan fingerprint density at radius 3 is 2.81 bits per heavy atom. The van der Waals surface area contributed by atoms with E-state index in [2.05, 4.69) is 0 Å². The summed E-state index contributed by atoms with van der Waals surface area (Å²) >= 11 is 5.47. The number of rotatable bonds is 4. The summed E-state index contributed by atoms with van der Waals surface area (Å²) in [7, 11) is 0. The smallest absolute Gasteiger partial charge is 0.165 e. The summed E-state index contributed by atoms with van der Waals surface area (Å²) in [6, 6.07) is 4.53. The Balaban J connectivity index is 2.75. The zero-order valence-corrected chi connectivity index (χ0v) is 10.1. The predicted molar refractivity (Wildman–Crippen MR) is 64.1 cm³/mol. The maximum absolute atomic E-state index is 13.5. The van der Waals surface area contributed by atoms with E-state index in [1.165, 1.54) is 11.6 Å². The Kier molecular flexibility index (Phi) is 4.77. The maximum Gasteiger partial charge on any atom is 0.165 e. The monoisotopic (exact) mass is 243 g/mol. The van der Waals surface area contributed by atoms with Crippen molar-refractivity contribution >= 4 is 11.6 Å². The van der Waals surface area contributed by atoms with E-state index in [4.69, 9.17) is 22.1 Å². The van der Waals surface area contributed by atoms with Gasteiger partial charge in [0.1, 0.15) is 6.61 Å². The number of benzene rings is 1. The van der Waals surface area contributed by atoms with Gasteiger partial charge in [-0.15, -0.1) is 0 Å². The van der Waals surface area contributed by atoms with Gasteiger partial charge in [-0.05, 0) is 37.1 Å². The zero-order chi connectivity index (χ0) is 12.1. The van der Waals surface area contributed by atoms with Gasteiger partial charge in [0, 0.05) is 11.6 Å². The van der Waals surface area contributed by atoms with Crippen LogP contribution < -0.4 is 10.5 Å². The molecule has 0 fully saturated rings. The minimum absolute atomic E-state index is 0.187. The van der Waals surface area contributed by atoms with Crippen molar-refractivity contribution in [1.29, 1.82) is 0 Å². The second-order valence-electron chi connectivity index (χ2n) is 3.72. The van der Waals surface area contributed by atoms with Crippen molar-refractivity contribution in [3.8, 4) is 5.75 Å². The molecule has 88 valence electrons. The Labute approximate surface area is 99.9 Å². The van der Waals surface area contributed by atoms with Gasteiger partial charge in [0.05, 0.1) is 0 Å². The highest BCUT2D eigenvalue weighted by atomic mass is 35.5. The molecule has 0 bridgehead atoms. The normalized spacial score (nSPS) is 13.7. The molecule has 0 heterocycles. The Morgan fingerprint density at radius 1 is 1.62 bits per heavy atom. The third-order valence-electron chi connectivity index (χ3n) is 2.12. The highest BCUT2D eigenvalue weighted by molar-refractivity contribution is 6.25. The van der Waals surface area contributed by atoms with Crippen LogP contribution in [-0.2, 0) is 0 Å². The summed E-state index contributed by atoms with van der Waals surface area (Å²) in [5.74, 6) is -0.195. The van der Waals surface area contributed by atoms with Gasteiger partial charge in [0.25, 0.3) is 0 Å². The molecule has 16 heavy (non-hydrogen) atoms. The lowest BCUT2D eigenvalue weighted by atomic mass is 10.1. The summed E-state index contributed by atoms with van der Waals surface area (Å²) in [6.45, 7) is 3.88. The molecule has 4 heteroatoms. The minimum atomic E-state index is -0.405. The van der Waals surface area contributed by atoms with E-state index in [1.54, 1.807) is 26.0 Å². The van der Waals surface area contributed by atoms with Crippen molar-refractivity contribution in [2.75, 3.05) is 6.61 Å². The van der Waals surface area contributed by atoms with E-state index < -0.39 is 5.82 Å². The molecule has 0 radical (unpaired) electrons. The van der Waals surface area contributed by atoms with Crippen LogP contribution in [0.4, 0.5) is 4.39 Å². The van der Waals surface area contributed by atoms with Crippen LogP contribution in [0.2, 0.25) is 0 Å². The molecule has 1 atom stereocenters. The van der Waals surface area contributed by atoms with E-state index in [9.17, 15) is 4.39 Å². The van der Waals surface area contributed by atoms with Crippen LogP contribution in [0.5, 0.6) is 5.75 Å². The van der Waals surface area contributed by atoms with Crippen molar-refractivity contribution in [3.63, 3.8) is 0 Å². The predicted octanol–water partition coefficient (Wildman–Crippen LogP) is 3.37. The van der Waals surface area contributed by atoms with E-state index in [0.29, 0.717) is 0 Å². The van der Waals surface area contributed by atoms with Crippen LogP contribution in [0.1, 0.15) is 25.5 Å². The molecule has 2 nitrogen and oxygen atoms in total. The van der Waals surface area contributed by atoms with Crippen molar-refractivity contribution in [2.45, 2.75) is 19.9 Å². The number of hydrogen-bond donors (Lipinski definition) is 1. The molecule has 0 spiro atoms. The first-order chi connectivity index (χ1) is 7.54. The first-order valence-corrected chi connectivity index (χ1v) is 5.42. The fourth-order valence-corrected chi connectivity index (χ4v) is 1.20. The topological polar surface area (TPSA) is 35.2 Å². The molecule has 0 aliphatic rings. The standard InChI is InChI=1S/C12H15ClFNO/c1-8(6-13)7-16-12-4-3-10(9(2)15)5-11(12)14/h3-6,9H,7,15H2,1-2H3/b8-6+/t9-/m1/s1. The number of nitrogens with two attached hydrogens (primary N) is 1. The summed E-state index contributed by atoms with van der Waals surface area (Å²) in [6.07, 6.45) is 0. The minimum Gasteiger partial charge on any atom is -0.486 e. The molecule has 1 rings (SSSR count). The van der Waals surface area contributed by atoms with Crippen molar-refractivity contribution in [2.24, 2.45) is 5.73 Å². The van der Waals surface area contributed by atoms with E-state index >= 15 is 0 Å². The molecule has 0 amide bonds. The van der Waals surface area contributed by atoms with Crippen LogP contribution in [-0.4, -0.2) is 6.61 Å². The highest BCUT2D eigenvalue weighted by Crippen LogP contribution is 2.21. The van der Waals surface area contributed by atoms with E-state index in [-0.39, 0.29) is 18.4 Å². The molecule has 1 aromatic carbocycles. The van der Waals surface area contributed by atoms with Crippen LogP contribution in [0.25, 0.3) is 0 Å². The Hall–Kier alpha value is -1.06. The SMILES string of the molecule is C/C(=C\Cl)COc1ccc([C@@H](C)N)cc1F. The summed E-state index contributed by atoms with van der Waals surface area (Å²) in [5.41, 5.74) is 8.63. The number of ether oxygens (including phenoxy) is 1. The number of halogens is 2. The largest absolute Gasteiger partial charge is 0.486 e. The molecule has 1 aromatic rings. The van der Waals surface area contributed by atoms with Crippen LogP contribution in [0.15, 0.2) is 29.3 Å². The van der Waals surface area contributed by atoms with Gasteiger partial charge >= 0.3 is 0 Å². The molecular formula is C12H15ClFNO. The van der Waals surface area contributed by atoms with Gasteiger partial charge in [-0.2, -0.15) is 0 Å².